The largest absolute Gasteiger partial charge is 0.338 e. The Morgan fingerprint density at radius 3 is 2.22 bits per heavy atom. The van der Waals surface area contributed by atoms with Crippen molar-refractivity contribution in [3.8, 4) is 0 Å². The van der Waals surface area contributed by atoms with Gasteiger partial charge in [-0.15, -0.1) is 0 Å². The van der Waals surface area contributed by atoms with E-state index in [1.807, 2.05) is 0 Å². The Balaban J connectivity index is 1.46. The number of rotatable bonds is 8. The molecule has 2 saturated heterocycles. The smallest absolute Gasteiger partial charge is 0.225 e. The van der Waals surface area contributed by atoms with Gasteiger partial charge in [-0.3, -0.25) is 4.90 Å². The Morgan fingerprint density at radius 1 is 0.963 bits per heavy atom. The first-order valence-electron chi connectivity index (χ1n) is 11.2. The van der Waals surface area contributed by atoms with Crippen molar-refractivity contribution in [2.75, 3.05) is 50.7 Å². The summed E-state index contributed by atoms with van der Waals surface area (Å²) in [6.07, 6.45) is 12.0. The summed E-state index contributed by atoms with van der Waals surface area (Å²) in [6.45, 7) is 14.9. The number of likely N-dealkylation sites (tertiary alicyclic amines) is 1. The van der Waals surface area contributed by atoms with Gasteiger partial charge in [-0.05, 0) is 63.7 Å². The van der Waals surface area contributed by atoms with Crippen LogP contribution in [0.3, 0.4) is 0 Å². The molecule has 3 heterocycles. The van der Waals surface area contributed by atoms with Crippen molar-refractivity contribution in [2.45, 2.75) is 71.3 Å². The van der Waals surface area contributed by atoms with E-state index in [-0.39, 0.29) is 0 Å². The normalized spacial score (nSPS) is 21.5. The van der Waals surface area contributed by atoms with Gasteiger partial charge in [-0.2, -0.15) is 0 Å². The molecule has 1 unspecified atom stereocenters. The van der Waals surface area contributed by atoms with E-state index in [9.17, 15) is 0 Å². The number of aromatic nitrogens is 2. The van der Waals surface area contributed by atoms with Crippen LogP contribution in [0.15, 0.2) is 12.4 Å². The predicted octanol–water partition coefficient (Wildman–Crippen LogP) is 3.77. The van der Waals surface area contributed by atoms with Crippen LogP contribution in [-0.4, -0.2) is 71.6 Å². The lowest BCUT2D eigenvalue weighted by molar-refractivity contribution is 0.192. The second-order valence-electron chi connectivity index (χ2n) is 8.42. The molecule has 1 atom stereocenters. The van der Waals surface area contributed by atoms with Crippen molar-refractivity contribution < 1.29 is 0 Å². The molecule has 2 fully saturated rings. The molecule has 0 aliphatic carbocycles. The number of piperazine rings is 1. The van der Waals surface area contributed by atoms with E-state index >= 15 is 0 Å². The molecule has 0 aromatic carbocycles. The maximum absolute atomic E-state index is 4.73. The molecular formula is C22H39N5. The molecule has 0 spiro atoms. The Bertz CT molecular complexity index is 530. The average molecular weight is 374 g/mol. The van der Waals surface area contributed by atoms with Crippen molar-refractivity contribution >= 4 is 5.95 Å². The lowest BCUT2D eigenvalue weighted by atomic mass is 9.91. The first kappa shape index (κ1) is 20.5. The maximum atomic E-state index is 4.73. The summed E-state index contributed by atoms with van der Waals surface area (Å²) in [5.41, 5.74) is 1.34. The Kier molecular flexibility index (Phi) is 7.89. The number of nitrogens with zero attached hydrogens (tertiary/aromatic N) is 5. The first-order chi connectivity index (χ1) is 13.2. The van der Waals surface area contributed by atoms with Gasteiger partial charge in [0.05, 0.1) is 0 Å². The maximum Gasteiger partial charge on any atom is 0.225 e. The molecule has 0 bridgehead atoms. The molecule has 2 aliphatic rings. The van der Waals surface area contributed by atoms with Crippen LogP contribution in [0.1, 0.15) is 70.8 Å². The van der Waals surface area contributed by atoms with Gasteiger partial charge in [0.1, 0.15) is 0 Å². The SMILES string of the molecule is CCCCCN1CCC(c2cnc(N3CCN(C(C)CC)CC3)nc2)CC1. The predicted molar refractivity (Wildman–Crippen MR) is 114 cm³/mol. The second kappa shape index (κ2) is 10.4. The number of anilines is 1. The second-order valence-corrected chi connectivity index (χ2v) is 8.42. The summed E-state index contributed by atoms with van der Waals surface area (Å²) in [4.78, 5) is 17.0. The fourth-order valence-corrected chi connectivity index (χ4v) is 4.40. The van der Waals surface area contributed by atoms with Gasteiger partial charge in [-0.1, -0.05) is 26.7 Å². The third kappa shape index (κ3) is 5.64. The Morgan fingerprint density at radius 2 is 1.63 bits per heavy atom. The van der Waals surface area contributed by atoms with Gasteiger partial charge >= 0.3 is 0 Å². The molecule has 2 aliphatic heterocycles. The van der Waals surface area contributed by atoms with E-state index in [1.165, 1.54) is 63.7 Å². The number of hydrogen-bond acceptors (Lipinski definition) is 5. The summed E-state index contributed by atoms with van der Waals surface area (Å²) in [6, 6.07) is 0.684. The van der Waals surface area contributed by atoms with E-state index in [4.69, 9.17) is 9.97 Å². The zero-order valence-corrected chi connectivity index (χ0v) is 17.7. The van der Waals surface area contributed by atoms with Crippen molar-refractivity contribution in [2.24, 2.45) is 0 Å². The number of hydrogen-bond donors (Lipinski definition) is 0. The average Bonchev–Trinajstić information content (AvgIpc) is 2.74. The topological polar surface area (TPSA) is 35.5 Å². The highest BCUT2D eigenvalue weighted by molar-refractivity contribution is 5.31. The van der Waals surface area contributed by atoms with E-state index < -0.39 is 0 Å². The minimum atomic E-state index is 0.642. The van der Waals surface area contributed by atoms with Crippen LogP contribution in [0.4, 0.5) is 5.95 Å². The molecule has 5 nitrogen and oxygen atoms in total. The molecule has 0 radical (unpaired) electrons. The highest BCUT2D eigenvalue weighted by Gasteiger charge is 2.23. The van der Waals surface area contributed by atoms with Gasteiger partial charge in [0.15, 0.2) is 0 Å². The number of piperidine rings is 1. The quantitative estimate of drug-likeness (QED) is 0.648. The third-order valence-electron chi connectivity index (χ3n) is 6.61. The lowest BCUT2D eigenvalue weighted by Gasteiger charge is -2.37. The van der Waals surface area contributed by atoms with E-state index in [1.54, 1.807) is 0 Å². The van der Waals surface area contributed by atoms with Crippen LogP contribution < -0.4 is 4.90 Å². The molecule has 3 rings (SSSR count). The molecular weight excluding hydrogens is 334 g/mol. The monoisotopic (exact) mass is 373 g/mol. The lowest BCUT2D eigenvalue weighted by Crippen LogP contribution is -2.50. The van der Waals surface area contributed by atoms with Crippen LogP contribution in [0, 0.1) is 0 Å². The fraction of sp³-hybridized carbons (Fsp3) is 0.818. The van der Waals surface area contributed by atoms with Gasteiger partial charge in [0.25, 0.3) is 0 Å². The molecule has 1 aromatic rings. The van der Waals surface area contributed by atoms with Crippen molar-refractivity contribution in [3.63, 3.8) is 0 Å². The van der Waals surface area contributed by atoms with Gasteiger partial charge in [0.2, 0.25) is 5.95 Å². The summed E-state index contributed by atoms with van der Waals surface area (Å²) in [5, 5.41) is 0. The van der Waals surface area contributed by atoms with Crippen LogP contribution in [0.5, 0.6) is 0 Å². The Hall–Kier alpha value is -1.20. The van der Waals surface area contributed by atoms with Crippen LogP contribution in [0.25, 0.3) is 0 Å². The molecule has 1 aromatic heterocycles. The van der Waals surface area contributed by atoms with Crippen molar-refractivity contribution in [1.82, 2.24) is 19.8 Å². The van der Waals surface area contributed by atoms with Gasteiger partial charge in [0, 0.05) is 44.6 Å². The zero-order valence-electron chi connectivity index (χ0n) is 17.7. The molecule has 0 saturated carbocycles. The van der Waals surface area contributed by atoms with Gasteiger partial charge < -0.3 is 9.80 Å². The van der Waals surface area contributed by atoms with E-state index in [0.29, 0.717) is 12.0 Å². The standard InChI is InChI=1S/C22H39N5/c1-4-6-7-10-25-11-8-20(9-12-25)21-17-23-22(24-18-21)27-15-13-26(14-16-27)19(3)5-2/h17-20H,4-16H2,1-3H3. The van der Waals surface area contributed by atoms with Gasteiger partial charge in [-0.25, -0.2) is 9.97 Å². The fourth-order valence-electron chi connectivity index (χ4n) is 4.40. The van der Waals surface area contributed by atoms with E-state index in [2.05, 4.69) is 47.9 Å². The molecule has 27 heavy (non-hydrogen) atoms. The highest BCUT2D eigenvalue weighted by atomic mass is 15.3. The van der Waals surface area contributed by atoms with Crippen LogP contribution in [-0.2, 0) is 0 Å². The molecule has 0 amide bonds. The minimum absolute atomic E-state index is 0.642. The minimum Gasteiger partial charge on any atom is -0.338 e. The number of unbranched alkanes of at least 4 members (excludes halogenated alkanes) is 2. The highest BCUT2D eigenvalue weighted by Crippen LogP contribution is 2.28. The Labute approximate surface area is 166 Å². The van der Waals surface area contributed by atoms with Crippen LogP contribution in [0.2, 0.25) is 0 Å². The molecule has 152 valence electrons. The zero-order chi connectivity index (χ0) is 19.1. The van der Waals surface area contributed by atoms with Crippen molar-refractivity contribution in [3.05, 3.63) is 18.0 Å². The summed E-state index contributed by atoms with van der Waals surface area (Å²) in [7, 11) is 0. The molecule has 5 heteroatoms. The third-order valence-corrected chi connectivity index (χ3v) is 6.61. The molecule has 0 N–H and O–H groups in total. The van der Waals surface area contributed by atoms with Crippen LogP contribution >= 0.6 is 0 Å². The summed E-state index contributed by atoms with van der Waals surface area (Å²) >= 11 is 0. The van der Waals surface area contributed by atoms with E-state index in [0.717, 1.165) is 32.1 Å². The summed E-state index contributed by atoms with van der Waals surface area (Å²) < 4.78 is 0. The van der Waals surface area contributed by atoms with Crippen molar-refractivity contribution in [1.29, 1.82) is 0 Å². The summed E-state index contributed by atoms with van der Waals surface area (Å²) in [5.74, 6) is 1.56. The first-order valence-corrected chi connectivity index (χ1v) is 11.2.